The Labute approximate surface area is 195 Å². The average Bonchev–Trinajstić information content (AvgIpc) is 2.80. The number of nitrogens with zero attached hydrogens (tertiary/aromatic N) is 4. The third kappa shape index (κ3) is 4.98. The van der Waals surface area contributed by atoms with E-state index in [9.17, 15) is 9.59 Å². The molecule has 2 aromatic carbocycles. The third-order valence-corrected chi connectivity index (χ3v) is 6.13. The number of carbonyl (C=O) groups excluding carboxylic acids is 2. The van der Waals surface area contributed by atoms with E-state index in [0.29, 0.717) is 25.3 Å². The van der Waals surface area contributed by atoms with E-state index in [2.05, 4.69) is 32.2 Å². The van der Waals surface area contributed by atoms with E-state index in [1.807, 2.05) is 64.5 Å². The predicted molar refractivity (Wildman–Crippen MR) is 132 cm³/mol. The van der Waals surface area contributed by atoms with Crippen molar-refractivity contribution in [1.82, 2.24) is 14.8 Å². The van der Waals surface area contributed by atoms with E-state index in [0.717, 1.165) is 34.1 Å². The first-order chi connectivity index (χ1) is 15.8. The van der Waals surface area contributed by atoms with E-state index in [4.69, 9.17) is 0 Å². The topological polar surface area (TPSA) is 68.8 Å². The van der Waals surface area contributed by atoms with Crippen LogP contribution >= 0.6 is 0 Å². The second-order valence-corrected chi connectivity index (χ2v) is 9.01. The normalized spacial score (nSPS) is 16.3. The highest BCUT2D eigenvalue weighted by atomic mass is 16.2. The molecule has 1 N–H and O–H groups in total. The van der Waals surface area contributed by atoms with Gasteiger partial charge in [0.2, 0.25) is 0 Å². The van der Waals surface area contributed by atoms with Gasteiger partial charge in [0.25, 0.3) is 0 Å². The smallest absolute Gasteiger partial charge is 0.313 e. The molecule has 1 unspecified atom stereocenters. The standard InChI is InChI=1S/C26H31N5O2/c1-18-8-9-20(17-29(3)4)14-23(18)28-25(32)26(33)31-13-12-30(16-19(31)2)24-7-5-6-21-15-27-11-10-22(21)24/h5-11,14-15,19H,12-13,16-17H2,1-4H3,(H,28,32). The molecule has 0 saturated carbocycles. The minimum absolute atomic E-state index is 0.0877. The summed E-state index contributed by atoms with van der Waals surface area (Å²) in [6.45, 7) is 6.52. The Morgan fingerprint density at radius 1 is 1.15 bits per heavy atom. The van der Waals surface area contributed by atoms with Crippen LogP contribution in [-0.4, -0.2) is 66.4 Å². The average molecular weight is 446 g/mol. The Balaban J connectivity index is 1.44. The zero-order chi connectivity index (χ0) is 23.5. The van der Waals surface area contributed by atoms with Crippen LogP contribution in [0.5, 0.6) is 0 Å². The fourth-order valence-corrected chi connectivity index (χ4v) is 4.43. The van der Waals surface area contributed by atoms with E-state index in [1.54, 1.807) is 11.1 Å². The van der Waals surface area contributed by atoms with Gasteiger partial charge >= 0.3 is 11.8 Å². The summed E-state index contributed by atoms with van der Waals surface area (Å²) in [6, 6.07) is 14.1. The SMILES string of the molecule is Cc1ccc(CN(C)C)cc1NC(=O)C(=O)N1CCN(c2cccc3cnccc23)CC1C. The number of amides is 2. The van der Waals surface area contributed by atoms with Crippen LogP contribution in [0.15, 0.2) is 54.9 Å². The van der Waals surface area contributed by atoms with Crippen molar-refractivity contribution in [3.05, 3.63) is 66.0 Å². The summed E-state index contributed by atoms with van der Waals surface area (Å²) in [5, 5.41) is 5.07. The molecule has 0 radical (unpaired) electrons. The molecule has 172 valence electrons. The van der Waals surface area contributed by atoms with Gasteiger partial charge in [-0.25, -0.2) is 0 Å². The Bertz CT molecular complexity index is 1170. The van der Waals surface area contributed by atoms with Crippen LogP contribution in [0.25, 0.3) is 10.8 Å². The van der Waals surface area contributed by atoms with Crippen molar-refractivity contribution < 1.29 is 9.59 Å². The second kappa shape index (κ2) is 9.58. The Morgan fingerprint density at radius 3 is 2.73 bits per heavy atom. The second-order valence-electron chi connectivity index (χ2n) is 9.01. The summed E-state index contributed by atoms with van der Waals surface area (Å²) < 4.78 is 0. The van der Waals surface area contributed by atoms with Crippen LogP contribution in [0, 0.1) is 6.92 Å². The Morgan fingerprint density at radius 2 is 1.97 bits per heavy atom. The van der Waals surface area contributed by atoms with Gasteiger partial charge in [-0.2, -0.15) is 0 Å². The maximum atomic E-state index is 13.0. The summed E-state index contributed by atoms with van der Waals surface area (Å²) in [5.41, 5.74) is 3.83. The molecule has 0 spiro atoms. The van der Waals surface area contributed by atoms with Crippen molar-refractivity contribution in [1.29, 1.82) is 0 Å². The molecular weight excluding hydrogens is 414 g/mol. The minimum atomic E-state index is -0.586. The van der Waals surface area contributed by atoms with Gasteiger partial charge in [0.1, 0.15) is 0 Å². The van der Waals surface area contributed by atoms with E-state index >= 15 is 0 Å². The molecule has 1 atom stereocenters. The number of benzene rings is 2. The molecule has 1 fully saturated rings. The molecule has 33 heavy (non-hydrogen) atoms. The summed E-state index contributed by atoms with van der Waals surface area (Å²) in [7, 11) is 4.00. The van der Waals surface area contributed by atoms with E-state index in [-0.39, 0.29) is 6.04 Å². The van der Waals surface area contributed by atoms with Gasteiger partial charge in [0, 0.05) is 66.8 Å². The fourth-order valence-electron chi connectivity index (χ4n) is 4.43. The number of aromatic nitrogens is 1. The lowest BCUT2D eigenvalue weighted by atomic mass is 10.1. The number of hydrogen-bond donors (Lipinski definition) is 1. The minimum Gasteiger partial charge on any atom is -0.367 e. The molecule has 4 rings (SSSR count). The quantitative estimate of drug-likeness (QED) is 0.624. The van der Waals surface area contributed by atoms with E-state index in [1.165, 1.54) is 0 Å². The predicted octanol–water partition coefficient (Wildman–Crippen LogP) is 3.28. The summed E-state index contributed by atoms with van der Waals surface area (Å²) in [5.74, 6) is -1.07. The highest BCUT2D eigenvalue weighted by Crippen LogP contribution is 2.28. The van der Waals surface area contributed by atoms with Crippen molar-refractivity contribution in [2.75, 3.05) is 43.9 Å². The lowest BCUT2D eigenvalue weighted by molar-refractivity contribution is -0.144. The van der Waals surface area contributed by atoms with Crippen LogP contribution in [0.3, 0.4) is 0 Å². The van der Waals surface area contributed by atoms with Gasteiger partial charge in [-0.15, -0.1) is 0 Å². The van der Waals surface area contributed by atoms with Crippen LogP contribution in [0.4, 0.5) is 11.4 Å². The van der Waals surface area contributed by atoms with Gasteiger partial charge in [0.05, 0.1) is 0 Å². The summed E-state index contributed by atoms with van der Waals surface area (Å²) >= 11 is 0. The molecule has 1 aliphatic heterocycles. The van der Waals surface area contributed by atoms with Gasteiger partial charge in [0.15, 0.2) is 0 Å². The molecule has 2 heterocycles. The number of aryl methyl sites for hydroxylation is 1. The van der Waals surface area contributed by atoms with Gasteiger partial charge in [-0.05, 0) is 57.3 Å². The van der Waals surface area contributed by atoms with Crippen LogP contribution in [-0.2, 0) is 16.1 Å². The Hall–Kier alpha value is -3.45. The van der Waals surface area contributed by atoms with Gasteiger partial charge in [-0.3, -0.25) is 14.6 Å². The van der Waals surface area contributed by atoms with Crippen molar-refractivity contribution >= 4 is 34.0 Å². The van der Waals surface area contributed by atoms with Crippen molar-refractivity contribution in [2.45, 2.75) is 26.4 Å². The Kier molecular flexibility index (Phi) is 6.60. The first-order valence-electron chi connectivity index (χ1n) is 11.3. The number of piperazine rings is 1. The van der Waals surface area contributed by atoms with Crippen molar-refractivity contribution in [2.24, 2.45) is 0 Å². The lowest BCUT2D eigenvalue weighted by Gasteiger charge is -2.41. The highest BCUT2D eigenvalue weighted by molar-refractivity contribution is 6.39. The largest absolute Gasteiger partial charge is 0.367 e. The number of rotatable bonds is 4. The first-order valence-corrected chi connectivity index (χ1v) is 11.3. The number of anilines is 2. The third-order valence-electron chi connectivity index (χ3n) is 6.13. The molecule has 1 aromatic heterocycles. The lowest BCUT2D eigenvalue weighted by Crippen LogP contribution is -2.56. The maximum Gasteiger partial charge on any atom is 0.313 e. The number of carbonyl (C=O) groups is 2. The summed E-state index contributed by atoms with van der Waals surface area (Å²) in [6.07, 6.45) is 3.66. The first kappa shape index (κ1) is 22.7. The molecule has 3 aromatic rings. The van der Waals surface area contributed by atoms with Crippen molar-refractivity contribution in [3.8, 4) is 0 Å². The van der Waals surface area contributed by atoms with Crippen LogP contribution in [0.2, 0.25) is 0 Å². The molecular formula is C26H31N5O2. The van der Waals surface area contributed by atoms with Crippen LogP contribution < -0.4 is 10.2 Å². The fraction of sp³-hybridized carbons (Fsp3) is 0.346. The molecule has 2 amide bonds. The monoisotopic (exact) mass is 445 g/mol. The zero-order valence-corrected chi connectivity index (χ0v) is 19.7. The molecule has 0 aliphatic carbocycles. The van der Waals surface area contributed by atoms with Gasteiger partial charge < -0.3 is 20.0 Å². The number of pyridine rings is 1. The van der Waals surface area contributed by atoms with Gasteiger partial charge in [-0.1, -0.05) is 24.3 Å². The van der Waals surface area contributed by atoms with Crippen LogP contribution in [0.1, 0.15) is 18.1 Å². The molecule has 7 heteroatoms. The zero-order valence-electron chi connectivity index (χ0n) is 19.7. The van der Waals surface area contributed by atoms with Crippen molar-refractivity contribution in [3.63, 3.8) is 0 Å². The molecule has 1 aliphatic rings. The highest BCUT2D eigenvalue weighted by Gasteiger charge is 2.31. The van der Waals surface area contributed by atoms with E-state index < -0.39 is 11.8 Å². The maximum absolute atomic E-state index is 13.0. The number of nitrogens with one attached hydrogen (secondary N) is 1. The molecule has 0 bridgehead atoms. The number of fused-ring (bicyclic) bond motifs is 1. The summed E-state index contributed by atoms with van der Waals surface area (Å²) in [4.78, 5) is 36.1. The molecule has 7 nitrogen and oxygen atoms in total. The number of hydrogen-bond acceptors (Lipinski definition) is 5. The molecule has 1 saturated heterocycles.